The Kier molecular flexibility index (Phi) is 6.60. The largest absolute Gasteiger partial charge is 1.00 e. The lowest BCUT2D eigenvalue weighted by Crippen LogP contribution is -3.00. The first kappa shape index (κ1) is 17.9. The molecule has 0 saturated heterocycles. The zero-order valence-electron chi connectivity index (χ0n) is 12.6. The summed E-state index contributed by atoms with van der Waals surface area (Å²) in [4.78, 5) is 11.8. The maximum absolute atomic E-state index is 11.8. The third-order valence-electron chi connectivity index (χ3n) is 3.49. The van der Waals surface area contributed by atoms with Gasteiger partial charge in [0.05, 0.1) is 25.3 Å². The molecule has 0 saturated carbocycles. The second-order valence-electron chi connectivity index (χ2n) is 4.59. The van der Waals surface area contributed by atoms with Crippen molar-refractivity contribution < 1.29 is 43.2 Å². The number of benzene rings is 1. The van der Waals surface area contributed by atoms with Crippen LogP contribution >= 0.6 is 0 Å². The van der Waals surface area contributed by atoms with Crippen LogP contribution in [-0.4, -0.2) is 28.9 Å². The number of imidazole rings is 1. The van der Waals surface area contributed by atoms with E-state index in [0.29, 0.717) is 18.7 Å². The van der Waals surface area contributed by atoms with E-state index in [-0.39, 0.29) is 36.6 Å². The fraction of sp³-hybridized carbons (Fsp3) is 0.467. The average molecular weight is 404 g/mol. The number of aliphatic hydroxyl groups excluding tert-OH is 1. The molecular weight excluding hydrogens is 383 g/mol. The molecule has 1 aromatic heterocycles. The number of carbonyl (C=O) groups is 1. The summed E-state index contributed by atoms with van der Waals surface area (Å²) in [6, 6.07) is 5.56. The number of esters is 1. The first-order valence-corrected chi connectivity index (χ1v) is 6.94. The molecule has 5 nitrogen and oxygen atoms in total. The maximum Gasteiger partial charge on any atom is 0.338 e. The molecule has 0 radical (unpaired) electrons. The zero-order chi connectivity index (χ0) is 14.7. The van der Waals surface area contributed by atoms with Crippen LogP contribution in [0.15, 0.2) is 18.2 Å². The van der Waals surface area contributed by atoms with Gasteiger partial charge >= 0.3 is 5.97 Å². The lowest BCUT2D eigenvalue weighted by atomic mass is 10.2. The minimum Gasteiger partial charge on any atom is -1.00 e. The highest BCUT2D eigenvalue weighted by molar-refractivity contribution is 5.93. The van der Waals surface area contributed by atoms with Gasteiger partial charge in [0, 0.05) is 13.0 Å². The van der Waals surface area contributed by atoms with Gasteiger partial charge in [-0.15, -0.1) is 0 Å². The lowest BCUT2D eigenvalue weighted by Gasteiger charge is -2.01. The summed E-state index contributed by atoms with van der Waals surface area (Å²) in [5.41, 5.74) is 2.55. The van der Waals surface area contributed by atoms with Crippen molar-refractivity contribution in [1.82, 2.24) is 4.57 Å². The minimum absolute atomic E-state index is 0. The summed E-state index contributed by atoms with van der Waals surface area (Å²) < 4.78 is 9.23. The third-order valence-corrected chi connectivity index (χ3v) is 3.49. The monoisotopic (exact) mass is 404 g/mol. The van der Waals surface area contributed by atoms with Crippen LogP contribution in [0.4, 0.5) is 0 Å². The molecule has 0 unspecified atom stereocenters. The van der Waals surface area contributed by atoms with Crippen LogP contribution in [0.25, 0.3) is 11.0 Å². The van der Waals surface area contributed by atoms with Crippen molar-refractivity contribution in [3.63, 3.8) is 0 Å². The number of aryl methyl sites for hydroxylation is 1. The normalized spacial score (nSPS) is 10.5. The fourth-order valence-corrected chi connectivity index (χ4v) is 2.59. The third kappa shape index (κ3) is 3.37. The predicted octanol–water partition coefficient (Wildman–Crippen LogP) is -1.57. The number of fused-ring (bicyclic) bond motifs is 1. The first-order chi connectivity index (χ1) is 9.63. The van der Waals surface area contributed by atoms with E-state index in [1.165, 1.54) is 0 Å². The van der Waals surface area contributed by atoms with E-state index in [4.69, 9.17) is 4.74 Å². The second kappa shape index (κ2) is 7.74. The van der Waals surface area contributed by atoms with Gasteiger partial charge in [-0.05, 0) is 26.0 Å². The van der Waals surface area contributed by atoms with Gasteiger partial charge in [0.1, 0.15) is 6.54 Å². The zero-order valence-corrected chi connectivity index (χ0v) is 14.8. The number of hydrogen-bond donors (Lipinski definition) is 1. The van der Waals surface area contributed by atoms with E-state index >= 15 is 0 Å². The number of hydrogen-bond acceptors (Lipinski definition) is 3. The molecule has 0 spiro atoms. The van der Waals surface area contributed by atoms with E-state index < -0.39 is 0 Å². The molecule has 21 heavy (non-hydrogen) atoms. The van der Waals surface area contributed by atoms with Gasteiger partial charge in [0.2, 0.25) is 0 Å². The Morgan fingerprint density at radius 3 is 2.67 bits per heavy atom. The lowest BCUT2D eigenvalue weighted by molar-refractivity contribution is -0.675. The molecule has 0 amide bonds. The Hall–Kier alpha value is -1.15. The standard InChI is InChI=1S/C15H21N2O3.HI/c1-4-16-11(3)17(8-9-18)14-10-12(6-7-13(14)16)15(19)20-5-2;/h6-7,10,18H,4-5,8-9H2,1-3H3;1H/q+1;/p-1. The van der Waals surface area contributed by atoms with Crippen molar-refractivity contribution in [3.8, 4) is 0 Å². The van der Waals surface area contributed by atoms with Crippen molar-refractivity contribution in [2.45, 2.75) is 33.9 Å². The maximum atomic E-state index is 11.8. The van der Waals surface area contributed by atoms with Crippen molar-refractivity contribution in [1.29, 1.82) is 0 Å². The molecule has 0 aliphatic rings. The van der Waals surface area contributed by atoms with E-state index in [2.05, 4.69) is 11.5 Å². The van der Waals surface area contributed by atoms with E-state index in [0.717, 1.165) is 23.4 Å². The SMILES string of the molecule is CCOC(=O)c1ccc2c(c1)n(CCO)c(C)[n+]2CC.[I-]. The molecule has 116 valence electrons. The van der Waals surface area contributed by atoms with Crippen LogP contribution in [0, 0.1) is 6.92 Å². The Morgan fingerprint density at radius 2 is 2.10 bits per heavy atom. The van der Waals surface area contributed by atoms with Gasteiger partial charge in [0.25, 0.3) is 5.82 Å². The molecule has 6 heteroatoms. The Bertz CT molecular complexity index is 637. The molecule has 1 aromatic carbocycles. The van der Waals surface area contributed by atoms with Crippen LogP contribution in [-0.2, 0) is 17.8 Å². The van der Waals surface area contributed by atoms with Gasteiger partial charge in [-0.3, -0.25) is 0 Å². The smallest absolute Gasteiger partial charge is 0.338 e. The van der Waals surface area contributed by atoms with Gasteiger partial charge in [0.15, 0.2) is 11.0 Å². The summed E-state index contributed by atoms with van der Waals surface area (Å²) >= 11 is 0. The summed E-state index contributed by atoms with van der Waals surface area (Å²) in [5.74, 6) is 0.754. The van der Waals surface area contributed by atoms with E-state index in [9.17, 15) is 9.90 Å². The molecular formula is C15H21IN2O3. The highest BCUT2D eigenvalue weighted by atomic mass is 127. The quantitative estimate of drug-likeness (QED) is 0.372. The fourth-order valence-electron chi connectivity index (χ4n) is 2.59. The number of carbonyl (C=O) groups excluding carboxylic acids is 1. The van der Waals surface area contributed by atoms with Crippen molar-refractivity contribution in [2.24, 2.45) is 0 Å². The molecule has 0 aliphatic carbocycles. The molecule has 0 atom stereocenters. The van der Waals surface area contributed by atoms with Crippen LogP contribution in [0.1, 0.15) is 30.0 Å². The second-order valence-corrected chi connectivity index (χ2v) is 4.59. The van der Waals surface area contributed by atoms with Gasteiger partial charge < -0.3 is 33.8 Å². The number of aromatic nitrogens is 2. The summed E-state index contributed by atoms with van der Waals surface area (Å²) in [6.07, 6.45) is 0. The van der Waals surface area contributed by atoms with Crippen molar-refractivity contribution in [2.75, 3.05) is 13.2 Å². The number of halogens is 1. The number of nitrogens with zero attached hydrogens (tertiary/aromatic N) is 2. The molecule has 2 aromatic rings. The molecule has 0 fully saturated rings. The predicted molar refractivity (Wildman–Crippen MR) is 75.6 cm³/mol. The van der Waals surface area contributed by atoms with Gasteiger partial charge in [-0.25, -0.2) is 13.9 Å². The van der Waals surface area contributed by atoms with E-state index in [1.807, 2.05) is 23.6 Å². The Morgan fingerprint density at radius 1 is 1.38 bits per heavy atom. The first-order valence-electron chi connectivity index (χ1n) is 6.94. The van der Waals surface area contributed by atoms with Crippen LogP contribution < -0.4 is 28.5 Å². The van der Waals surface area contributed by atoms with Crippen LogP contribution in [0.5, 0.6) is 0 Å². The van der Waals surface area contributed by atoms with Crippen LogP contribution in [0.3, 0.4) is 0 Å². The molecule has 2 rings (SSSR count). The number of aliphatic hydroxyl groups is 1. The highest BCUT2D eigenvalue weighted by Crippen LogP contribution is 2.17. The molecule has 1 heterocycles. The van der Waals surface area contributed by atoms with E-state index in [1.54, 1.807) is 13.0 Å². The Balaban J connectivity index is 0.00000220. The Labute approximate surface area is 141 Å². The van der Waals surface area contributed by atoms with Gasteiger partial charge in [-0.1, -0.05) is 0 Å². The van der Waals surface area contributed by atoms with Gasteiger partial charge in [-0.2, -0.15) is 0 Å². The van der Waals surface area contributed by atoms with Crippen molar-refractivity contribution in [3.05, 3.63) is 29.6 Å². The summed E-state index contributed by atoms with van der Waals surface area (Å²) in [6.45, 7) is 7.68. The minimum atomic E-state index is -0.313. The molecule has 0 bridgehead atoms. The molecule has 0 aliphatic heterocycles. The highest BCUT2D eigenvalue weighted by Gasteiger charge is 2.21. The summed E-state index contributed by atoms with van der Waals surface area (Å²) in [7, 11) is 0. The number of ether oxygens (including phenoxy) is 1. The van der Waals surface area contributed by atoms with Crippen LogP contribution in [0.2, 0.25) is 0 Å². The summed E-state index contributed by atoms with van der Waals surface area (Å²) in [5, 5.41) is 9.23. The topological polar surface area (TPSA) is 55.3 Å². The van der Waals surface area contributed by atoms with Crippen molar-refractivity contribution >= 4 is 17.0 Å². The molecule has 1 N–H and O–H groups in total. The average Bonchev–Trinajstić information content (AvgIpc) is 2.71. The number of rotatable bonds is 5.